The SMILES string of the molecule is Cc1cc(N2CCCC2=O)ccc1S(=O)(=O)N1C[C@@H](C(N)=O)CC[C@H]1C. The van der Waals surface area contributed by atoms with Gasteiger partial charge in [0, 0.05) is 31.2 Å². The zero-order chi connectivity index (χ0) is 19.1. The van der Waals surface area contributed by atoms with E-state index in [1.807, 2.05) is 6.92 Å². The second-order valence-corrected chi connectivity index (χ2v) is 9.06. The lowest BCUT2D eigenvalue weighted by Gasteiger charge is -2.36. The quantitative estimate of drug-likeness (QED) is 0.854. The minimum Gasteiger partial charge on any atom is -0.369 e. The van der Waals surface area contributed by atoms with Gasteiger partial charge in [0.05, 0.1) is 10.8 Å². The zero-order valence-corrected chi connectivity index (χ0v) is 16.0. The average molecular weight is 379 g/mol. The van der Waals surface area contributed by atoms with Crippen LogP contribution < -0.4 is 10.6 Å². The second kappa shape index (κ2) is 7.00. The molecule has 2 N–H and O–H groups in total. The van der Waals surface area contributed by atoms with Gasteiger partial charge in [0.15, 0.2) is 0 Å². The van der Waals surface area contributed by atoms with Crippen LogP contribution in [0.1, 0.15) is 38.2 Å². The first-order valence-corrected chi connectivity index (χ1v) is 10.4. The van der Waals surface area contributed by atoms with Gasteiger partial charge in [-0.15, -0.1) is 0 Å². The van der Waals surface area contributed by atoms with Crippen molar-refractivity contribution in [3.8, 4) is 0 Å². The van der Waals surface area contributed by atoms with Crippen LogP contribution >= 0.6 is 0 Å². The normalized spacial score (nSPS) is 24.8. The van der Waals surface area contributed by atoms with Crippen molar-refractivity contribution in [2.24, 2.45) is 11.7 Å². The maximum Gasteiger partial charge on any atom is 0.243 e. The molecule has 2 atom stereocenters. The number of amides is 2. The van der Waals surface area contributed by atoms with Gasteiger partial charge >= 0.3 is 0 Å². The molecule has 1 aromatic carbocycles. The Morgan fingerprint density at radius 2 is 2.00 bits per heavy atom. The summed E-state index contributed by atoms with van der Waals surface area (Å²) in [6, 6.07) is 4.81. The van der Waals surface area contributed by atoms with Crippen LogP contribution in [0.15, 0.2) is 23.1 Å². The molecule has 0 saturated carbocycles. The van der Waals surface area contributed by atoms with Crippen molar-refractivity contribution in [1.29, 1.82) is 0 Å². The lowest BCUT2D eigenvalue weighted by molar-refractivity contribution is -0.123. The van der Waals surface area contributed by atoms with E-state index < -0.39 is 21.8 Å². The van der Waals surface area contributed by atoms with Gasteiger partial charge < -0.3 is 10.6 Å². The number of nitrogens with zero attached hydrogens (tertiary/aromatic N) is 2. The summed E-state index contributed by atoms with van der Waals surface area (Å²) in [5.41, 5.74) is 6.71. The fraction of sp³-hybridized carbons (Fsp3) is 0.556. The predicted octanol–water partition coefficient (Wildman–Crippen LogP) is 1.40. The van der Waals surface area contributed by atoms with E-state index in [0.717, 1.165) is 12.1 Å². The maximum absolute atomic E-state index is 13.2. The van der Waals surface area contributed by atoms with Gasteiger partial charge in [-0.05, 0) is 56.9 Å². The molecule has 0 bridgehead atoms. The molecule has 1 aromatic rings. The molecular formula is C18H25N3O4S. The summed E-state index contributed by atoms with van der Waals surface area (Å²) in [6.45, 7) is 4.36. The Morgan fingerprint density at radius 1 is 1.27 bits per heavy atom. The van der Waals surface area contributed by atoms with Crippen LogP contribution in [-0.4, -0.2) is 43.7 Å². The maximum atomic E-state index is 13.2. The fourth-order valence-electron chi connectivity index (χ4n) is 3.78. The third kappa shape index (κ3) is 3.35. The smallest absolute Gasteiger partial charge is 0.243 e. The molecule has 8 heteroatoms. The lowest BCUT2D eigenvalue weighted by Crippen LogP contribution is -2.48. The number of carbonyl (C=O) groups excluding carboxylic acids is 2. The van der Waals surface area contributed by atoms with E-state index in [1.165, 1.54) is 4.31 Å². The summed E-state index contributed by atoms with van der Waals surface area (Å²) in [6.07, 6.45) is 2.56. The van der Waals surface area contributed by atoms with Crippen LogP contribution in [-0.2, 0) is 19.6 Å². The number of piperidine rings is 1. The van der Waals surface area contributed by atoms with Gasteiger partial charge in [0.2, 0.25) is 21.8 Å². The molecule has 0 radical (unpaired) electrons. The van der Waals surface area contributed by atoms with Gasteiger partial charge in [-0.3, -0.25) is 9.59 Å². The molecule has 2 amide bonds. The molecule has 7 nitrogen and oxygen atoms in total. The summed E-state index contributed by atoms with van der Waals surface area (Å²) in [4.78, 5) is 25.3. The summed E-state index contributed by atoms with van der Waals surface area (Å²) in [5, 5.41) is 0. The van der Waals surface area contributed by atoms with Crippen molar-refractivity contribution in [3.63, 3.8) is 0 Å². The van der Waals surface area contributed by atoms with Crippen LogP contribution in [0.5, 0.6) is 0 Å². The Morgan fingerprint density at radius 3 is 2.58 bits per heavy atom. The van der Waals surface area contributed by atoms with E-state index in [2.05, 4.69) is 0 Å². The number of carbonyl (C=O) groups is 2. The van der Waals surface area contributed by atoms with E-state index in [9.17, 15) is 18.0 Å². The molecule has 0 aliphatic carbocycles. The highest BCUT2D eigenvalue weighted by Gasteiger charge is 2.37. The molecule has 26 heavy (non-hydrogen) atoms. The van der Waals surface area contributed by atoms with Crippen LogP contribution in [0.3, 0.4) is 0 Å². The van der Waals surface area contributed by atoms with E-state index in [0.29, 0.717) is 31.4 Å². The summed E-state index contributed by atoms with van der Waals surface area (Å²) < 4.78 is 27.7. The largest absolute Gasteiger partial charge is 0.369 e. The molecular weight excluding hydrogens is 354 g/mol. The first-order chi connectivity index (χ1) is 12.2. The summed E-state index contributed by atoms with van der Waals surface area (Å²) >= 11 is 0. The van der Waals surface area contributed by atoms with Crippen LogP contribution in [0, 0.1) is 12.8 Å². The number of aryl methyl sites for hydroxylation is 1. The van der Waals surface area contributed by atoms with Crippen LogP contribution in [0.4, 0.5) is 5.69 Å². The zero-order valence-electron chi connectivity index (χ0n) is 15.1. The number of nitrogens with two attached hydrogens (primary N) is 1. The van der Waals surface area contributed by atoms with Gasteiger partial charge in [0.25, 0.3) is 0 Å². The van der Waals surface area contributed by atoms with Crippen molar-refractivity contribution in [3.05, 3.63) is 23.8 Å². The van der Waals surface area contributed by atoms with Crippen molar-refractivity contribution in [2.75, 3.05) is 18.0 Å². The summed E-state index contributed by atoms with van der Waals surface area (Å²) in [5.74, 6) is -0.853. The van der Waals surface area contributed by atoms with Crippen molar-refractivity contribution in [2.45, 2.75) is 50.5 Å². The Labute approximate surface area is 154 Å². The van der Waals surface area contributed by atoms with Gasteiger partial charge in [-0.2, -0.15) is 4.31 Å². The Kier molecular flexibility index (Phi) is 5.07. The molecule has 0 aromatic heterocycles. The predicted molar refractivity (Wildman–Crippen MR) is 98.0 cm³/mol. The topological polar surface area (TPSA) is 101 Å². The number of hydrogen-bond donors (Lipinski definition) is 1. The average Bonchev–Trinajstić information content (AvgIpc) is 3.00. The van der Waals surface area contributed by atoms with E-state index in [1.54, 1.807) is 30.0 Å². The molecule has 142 valence electrons. The first-order valence-electron chi connectivity index (χ1n) is 8.94. The number of hydrogen-bond acceptors (Lipinski definition) is 4. The molecule has 3 rings (SSSR count). The van der Waals surface area contributed by atoms with Gasteiger partial charge in [0.1, 0.15) is 0 Å². The third-order valence-electron chi connectivity index (χ3n) is 5.36. The van der Waals surface area contributed by atoms with Crippen molar-refractivity contribution in [1.82, 2.24) is 4.31 Å². The van der Waals surface area contributed by atoms with E-state index >= 15 is 0 Å². The Bertz CT molecular complexity index is 837. The molecule has 2 heterocycles. The number of primary amides is 1. The van der Waals surface area contributed by atoms with E-state index in [-0.39, 0.29) is 23.4 Å². The number of anilines is 1. The third-order valence-corrected chi connectivity index (χ3v) is 7.50. The van der Waals surface area contributed by atoms with Gasteiger partial charge in [-0.1, -0.05) is 0 Å². The number of benzene rings is 1. The Balaban J connectivity index is 1.91. The highest BCUT2D eigenvalue weighted by atomic mass is 32.2. The number of sulfonamides is 1. The monoisotopic (exact) mass is 379 g/mol. The molecule has 0 unspecified atom stereocenters. The Hall–Kier alpha value is -1.93. The molecule has 2 saturated heterocycles. The molecule has 2 fully saturated rings. The highest BCUT2D eigenvalue weighted by Crippen LogP contribution is 2.31. The van der Waals surface area contributed by atoms with E-state index in [4.69, 9.17) is 5.73 Å². The lowest BCUT2D eigenvalue weighted by atomic mass is 9.95. The first kappa shape index (κ1) is 18.8. The minimum atomic E-state index is -3.74. The minimum absolute atomic E-state index is 0.0639. The van der Waals surface area contributed by atoms with Crippen molar-refractivity contribution >= 4 is 27.5 Å². The van der Waals surface area contributed by atoms with Crippen molar-refractivity contribution < 1.29 is 18.0 Å². The highest BCUT2D eigenvalue weighted by molar-refractivity contribution is 7.89. The second-order valence-electron chi connectivity index (χ2n) is 7.20. The standard InChI is InChI=1S/C18H25N3O4S/c1-12-10-15(20-9-3-4-17(20)22)7-8-16(12)26(24,25)21-11-14(18(19)23)6-5-13(21)2/h7-8,10,13-14H,3-6,9,11H2,1-2H3,(H2,19,23)/t13-,14+/m1/s1. The van der Waals surface area contributed by atoms with Gasteiger partial charge in [-0.25, -0.2) is 8.42 Å². The van der Waals surface area contributed by atoms with Crippen LogP contribution in [0.2, 0.25) is 0 Å². The molecule has 2 aliphatic heterocycles. The van der Waals surface area contributed by atoms with Crippen LogP contribution in [0.25, 0.3) is 0 Å². The fourth-order valence-corrected chi connectivity index (χ4v) is 5.69. The summed E-state index contributed by atoms with van der Waals surface area (Å²) in [7, 11) is -3.74. The molecule has 2 aliphatic rings. The number of rotatable bonds is 4. The molecule has 0 spiro atoms.